The molecule has 2 aromatic carbocycles. The van der Waals surface area contributed by atoms with Crippen molar-refractivity contribution in [1.82, 2.24) is 0 Å². The van der Waals surface area contributed by atoms with E-state index in [1.807, 2.05) is 31.2 Å². The van der Waals surface area contributed by atoms with Gasteiger partial charge in [-0.25, -0.2) is 0 Å². The molecule has 1 N–H and O–H groups in total. The first-order chi connectivity index (χ1) is 14.4. The van der Waals surface area contributed by atoms with Crippen LogP contribution in [-0.4, -0.2) is 50.9 Å². The number of methoxy groups -OCH3 is 1. The van der Waals surface area contributed by atoms with Gasteiger partial charge in [0.15, 0.2) is 0 Å². The molecule has 0 saturated carbocycles. The molecule has 0 aliphatic rings. The summed E-state index contributed by atoms with van der Waals surface area (Å²) < 4.78 is 21.8. The van der Waals surface area contributed by atoms with Crippen molar-refractivity contribution in [3.8, 4) is 11.5 Å². The van der Waals surface area contributed by atoms with Crippen molar-refractivity contribution in [2.75, 3.05) is 33.5 Å². The highest BCUT2D eigenvalue weighted by Crippen LogP contribution is 2.33. The molecule has 2 rings (SSSR count). The van der Waals surface area contributed by atoms with Crippen LogP contribution >= 0.6 is 0 Å². The molecule has 30 heavy (non-hydrogen) atoms. The van der Waals surface area contributed by atoms with Gasteiger partial charge in [0.1, 0.15) is 30.8 Å². The zero-order valence-electron chi connectivity index (χ0n) is 18.5. The Balaban J connectivity index is 1.90. The van der Waals surface area contributed by atoms with Gasteiger partial charge in [-0.15, -0.1) is 0 Å². The third-order valence-corrected chi connectivity index (χ3v) is 5.03. The average molecular weight is 415 g/mol. The van der Waals surface area contributed by atoms with E-state index in [2.05, 4.69) is 44.7 Å². The molecule has 0 aliphatic heterocycles. The van der Waals surface area contributed by atoms with E-state index in [0.717, 1.165) is 5.75 Å². The van der Waals surface area contributed by atoms with Crippen LogP contribution in [0.4, 0.5) is 0 Å². The van der Waals surface area contributed by atoms with Gasteiger partial charge in [-0.3, -0.25) is 0 Å². The van der Waals surface area contributed by atoms with Crippen molar-refractivity contribution in [2.24, 2.45) is 0 Å². The monoisotopic (exact) mass is 414 g/mol. The molecule has 0 saturated heterocycles. The van der Waals surface area contributed by atoms with E-state index < -0.39 is 6.10 Å². The lowest BCUT2D eigenvalue weighted by atomic mass is 9.78. The van der Waals surface area contributed by atoms with Crippen molar-refractivity contribution in [3.05, 3.63) is 72.3 Å². The van der Waals surface area contributed by atoms with Gasteiger partial charge in [0, 0.05) is 12.5 Å². The van der Waals surface area contributed by atoms with Gasteiger partial charge in [0.25, 0.3) is 0 Å². The van der Waals surface area contributed by atoms with Crippen molar-refractivity contribution in [2.45, 2.75) is 38.4 Å². The summed E-state index contributed by atoms with van der Waals surface area (Å²) in [5.41, 5.74) is 2.20. The van der Waals surface area contributed by atoms with Gasteiger partial charge < -0.3 is 24.1 Å². The second-order valence-electron chi connectivity index (χ2n) is 7.82. The highest BCUT2D eigenvalue weighted by molar-refractivity contribution is 5.41. The molecule has 0 spiro atoms. The Morgan fingerprint density at radius 2 is 1.43 bits per heavy atom. The van der Waals surface area contributed by atoms with Crippen LogP contribution in [-0.2, 0) is 14.9 Å². The minimum atomic E-state index is -0.688. The lowest BCUT2D eigenvalue weighted by molar-refractivity contribution is -0.0274. The fourth-order valence-electron chi connectivity index (χ4n) is 2.94. The van der Waals surface area contributed by atoms with Gasteiger partial charge in [-0.05, 0) is 42.3 Å². The Kier molecular flexibility index (Phi) is 9.37. The lowest BCUT2D eigenvalue weighted by Gasteiger charge is -2.26. The molecule has 5 nitrogen and oxygen atoms in total. The SMILES string of the molecule is C=CCOc1ccc(C(C)(C)c2ccc(OCC(O)COCC(C)OC)cc2)cc1. The number of benzene rings is 2. The van der Waals surface area contributed by atoms with Crippen molar-refractivity contribution in [3.63, 3.8) is 0 Å². The van der Waals surface area contributed by atoms with Crippen LogP contribution in [0.3, 0.4) is 0 Å². The van der Waals surface area contributed by atoms with E-state index in [1.54, 1.807) is 13.2 Å². The number of hydrogen-bond donors (Lipinski definition) is 1. The molecule has 5 heteroatoms. The summed E-state index contributed by atoms with van der Waals surface area (Å²) >= 11 is 0. The average Bonchev–Trinajstić information content (AvgIpc) is 2.76. The standard InChI is InChI=1S/C25H34O5/c1-6-15-29-23-11-7-20(8-12-23)25(3,4)21-9-13-24(14-10-21)30-18-22(26)17-28-16-19(2)27-5/h6-14,19,22,26H,1,15-18H2,2-5H3. The Bertz CT molecular complexity index is 752. The fourth-order valence-corrected chi connectivity index (χ4v) is 2.94. The summed E-state index contributed by atoms with van der Waals surface area (Å²) in [6.45, 7) is 11.3. The molecule has 0 aromatic heterocycles. The molecule has 0 aliphatic carbocycles. The van der Waals surface area contributed by atoms with Crippen molar-refractivity contribution < 1.29 is 24.1 Å². The van der Waals surface area contributed by atoms with Gasteiger partial charge in [0.2, 0.25) is 0 Å². The second-order valence-corrected chi connectivity index (χ2v) is 7.82. The zero-order chi connectivity index (χ0) is 22.0. The molecule has 0 bridgehead atoms. The molecule has 2 atom stereocenters. The summed E-state index contributed by atoms with van der Waals surface area (Å²) in [7, 11) is 1.63. The maximum absolute atomic E-state index is 10.00. The summed E-state index contributed by atoms with van der Waals surface area (Å²) in [6, 6.07) is 16.1. The Morgan fingerprint density at radius 1 is 0.900 bits per heavy atom. The minimum Gasteiger partial charge on any atom is -0.491 e. The Hall–Kier alpha value is -2.34. The highest BCUT2D eigenvalue weighted by atomic mass is 16.5. The Morgan fingerprint density at radius 3 is 1.93 bits per heavy atom. The summed E-state index contributed by atoms with van der Waals surface area (Å²) in [5.74, 6) is 1.55. The zero-order valence-corrected chi connectivity index (χ0v) is 18.5. The quantitative estimate of drug-likeness (QED) is 0.493. The fraction of sp³-hybridized carbons (Fsp3) is 0.440. The number of rotatable bonds is 13. The van der Waals surface area contributed by atoms with E-state index in [4.69, 9.17) is 18.9 Å². The predicted molar refractivity (Wildman–Crippen MR) is 119 cm³/mol. The summed E-state index contributed by atoms with van der Waals surface area (Å²) in [6.07, 6.45) is 1.05. The summed E-state index contributed by atoms with van der Waals surface area (Å²) in [5, 5.41) is 10.00. The first-order valence-electron chi connectivity index (χ1n) is 10.2. The van der Waals surface area contributed by atoms with Crippen molar-refractivity contribution >= 4 is 0 Å². The molecule has 0 heterocycles. The van der Waals surface area contributed by atoms with Gasteiger partial charge in [0.05, 0.1) is 19.3 Å². The van der Waals surface area contributed by atoms with Crippen LogP contribution in [0, 0.1) is 0 Å². The predicted octanol–water partition coefficient (Wildman–Crippen LogP) is 4.37. The maximum Gasteiger partial charge on any atom is 0.119 e. The first-order valence-corrected chi connectivity index (χ1v) is 10.2. The largest absolute Gasteiger partial charge is 0.491 e. The van der Waals surface area contributed by atoms with Crippen LogP contribution < -0.4 is 9.47 Å². The van der Waals surface area contributed by atoms with Gasteiger partial charge >= 0.3 is 0 Å². The molecular weight excluding hydrogens is 380 g/mol. The van der Waals surface area contributed by atoms with E-state index in [1.165, 1.54) is 11.1 Å². The topological polar surface area (TPSA) is 57.2 Å². The number of hydrogen-bond acceptors (Lipinski definition) is 5. The highest BCUT2D eigenvalue weighted by Gasteiger charge is 2.23. The van der Waals surface area contributed by atoms with Crippen LogP contribution in [0.5, 0.6) is 11.5 Å². The lowest BCUT2D eigenvalue weighted by Crippen LogP contribution is -2.26. The first kappa shape index (κ1) is 23.9. The Labute approximate surface area is 180 Å². The van der Waals surface area contributed by atoms with Crippen LogP contribution in [0.2, 0.25) is 0 Å². The third-order valence-electron chi connectivity index (χ3n) is 5.03. The van der Waals surface area contributed by atoms with Gasteiger partial charge in [-0.1, -0.05) is 50.8 Å². The molecular formula is C25H34O5. The van der Waals surface area contributed by atoms with E-state index in [0.29, 0.717) is 19.0 Å². The maximum atomic E-state index is 10.00. The second kappa shape index (κ2) is 11.7. The number of aliphatic hydroxyl groups excluding tert-OH is 1. The number of aliphatic hydroxyl groups is 1. The molecule has 0 fully saturated rings. The van der Waals surface area contributed by atoms with Crippen LogP contribution in [0.25, 0.3) is 0 Å². The normalized spacial score (nSPS) is 13.5. The van der Waals surface area contributed by atoms with Crippen LogP contribution in [0.1, 0.15) is 31.9 Å². The third kappa shape index (κ3) is 7.17. The molecule has 164 valence electrons. The number of ether oxygens (including phenoxy) is 4. The van der Waals surface area contributed by atoms with Crippen LogP contribution in [0.15, 0.2) is 61.2 Å². The molecule has 0 radical (unpaired) electrons. The molecule has 2 unspecified atom stereocenters. The molecule has 0 amide bonds. The molecule has 2 aromatic rings. The van der Waals surface area contributed by atoms with E-state index in [-0.39, 0.29) is 24.7 Å². The smallest absolute Gasteiger partial charge is 0.119 e. The summed E-state index contributed by atoms with van der Waals surface area (Å²) in [4.78, 5) is 0. The van der Waals surface area contributed by atoms with E-state index in [9.17, 15) is 5.11 Å². The minimum absolute atomic E-state index is 0.00453. The van der Waals surface area contributed by atoms with E-state index >= 15 is 0 Å². The van der Waals surface area contributed by atoms with Gasteiger partial charge in [-0.2, -0.15) is 0 Å². The van der Waals surface area contributed by atoms with Crippen molar-refractivity contribution in [1.29, 1.82) is 0 Å².